The number of nitriles is 1. The molecule has 0 amide bonds. The molecule has 2 aromatic carbocycles. The van der Waals surface area contributed by atoms with Crippen LogP contribution < -0.4 is 4.74 Å². The predicted octanol–water partition coefficient (Wildman–Crippen LogP) is 2.32. The summed E-state index contributed by atoms with van der Waals surface area (Å²) >= 11 is 0. The molecule has 0 unspecified atom stereocenters. The Hall–Kier alpha value is -4.23. The standard InChI is InChI=1S/C25H23NO9/c1-14(27)32-21-13-31-25(24(34-16(3)29)23(21)33-15(2)28)35-20-10-8-19(9-11-20)22(30)18-6-4-17(12-26)5-7-18/h4-11,21,23-25H,13H2,1-3H3/t21-,23+,24-,25+/m1/s1. The summed E-state index contributed by atoms with van der Waals surface area (Å²) in [7, 11) is 0. The Bertz CT molecular complexity index is 1140. The minimum Gasteiger partial charge on any atom is -0.461 e. The second kappa shape index (κ2) is 11.3. The number of carbonyl (C=O) groups is 4. The van der Waals surface area contributed by atoms with E-state index >= 15 is 0 Å². The lowest BCUT2D eigenvalue weighted by Crippen LogP contribution is -2.59. The van der Waals surface area contributed by atoms with Crippen molar-refractivity contribution in [1.82, 2.24) is 0 Å². The molecule has 1 heterocycles. The van der Waals surface area contributed by atoms with Crippen LogP contribution in [-0.4, -0.2) is 54.9 Å². The second-order valence-corrected chi connectivity index (χ2v) is 7.66. The Labute approximate surface area is 201 Å². The molecule has 0 bridgehead atoms. The lowest BCUT2D eigenvalue weighted by molar-refractivity contribution is -0.259. The first-order valence-electron chi connectivity index (χ1n) is 10.6. The Morgan fingerprint density at radius 3 is 1.83 bits per heavy atom. The summed E-state index contributed by atoms with van der Waals surface area (Å²) < 4.78 is 27.2. The van der Waals surface area contributed by atoms with Crippen LogP contribution in [0, 0.1) is 11.3 Å². The van der Waals surface area contributed by atoms with Gasteiger partial charge in [-0.3, -0.25) is 19.2 Å². The van der Waals surface area contributed by atoms with Crippen LogP contribution in [0.2, 0.25) is 0 Å². The van der Waals surface area contributed by atoms with Gasteiger partial charge in [0.05, 0.1) is 18.2 Å². The molecule has 1 aliphatic heterocycles. The fourth-order valence-electron chi connectivity index (χ4n) is 3.49. The fraction of sp³-hybridized carbons (Fsp3) is 0.320. The highest BCUT2D eigenvalue weighted by molar-refractivity contribution is 6.09. The molecule has 2 aromatic rings. The van der Waals surface area contributed by atoms with Gasteiger partial charge in [-0.2, -0.15) is 5.26 Å². The minimum atomic E-state index is -1.23. The maximum Gasteiger partial charge on any atom is 0.303 e. The number of hydrogen-bond donors (Lipinski definition) is 0. The van der Waals surface area contributed by atoms with Crippen molar-refractivity contribution in [3.05, 3.63) is 65.2 Å². The molecule has 10 nitrogen and oxygen atoms in total. The van der Waals surface area contributed by atoms with Gasteiger partial charge in [0.15, 0.2) is 18.0 Å². The summed E-state index contributed by atoms with van der Waals surface area (Å²) in [6, 6.07) is 14.4. The van der Waals surface area contributed by atoms with Crippen molar-refractivity contribution in [2.24, 2.45) is 0 Å². The number of carbonyl (C=O) groups excluding carboxylic acids is 4. The first-order chi connectivity index (χ1) is 16.7. The van der Waals surface area contributed by atoms with E-state index in [9.17, 15) is 19.2 Å². The van der Waals surface area contributed by atoms with E-state index < -0.39 is 42.5 Å². The van der Waals surface area contributed by atoms with Gasteiger partial charge in [-0.05, 0) is 48.5 Å². The molecule has 1 saturated heterocycles. The average Bonchev–Trinajstić information content (AvgIpc) is 2.82. The van der Waals surface area contributed by atoms with Gasteiger partial charge in [0.25, 0.3) is 0 Å². The largest absolute Gasteiger partial charge is 0.461 e. The quantitative estimate of drug-likeness (QED) is 0.329. The van der Waals surface area contributed by atoms with Gasteiger partial charge >= 0.3 is 17.9 Å². The topological polar surface area (TPSA) is 138 Å². The van der Waals surface area contributed by atoms with Gasteiger partial charge in [-0.1, -0.05) is 0 Å². The van der Waals surface area contributed by atoms with Crippen LogP contribution in [-0.2, 0) is 33.3 Å². The van der Waals surface area contributed by atoms with E-state index in [2.05, 4.69) is 0 Å². The number of nitrogens with zero attached hydrogens (tertiary/aromatic N) is 1. The molecular formula is C25H23NO9. The van der Waals surface area contributed by atoms with E-state index in [0.29, 0.717) is 16.7 Å². The SMILES string of the molecule is CC(=O)O[C@@H]1[C@@H](OC(C)=O)[C@H](Oc2ccc(C(=O)c3ccc(C#N)cc3)cc2)OC[C@H]1OC(C)=O. The van der Waals surface area contributed by atoms with Crippen LogP contribution in [0.15, 0.2) is 48.5 Å². The molecule has 1 fully saturated rings. The van der Waals surface area contributed by atoms with E-state index in [1.54, 1.807) is 36.4 Å². The third kappa shape index (κ3) is 6.65. The molecule has 0 spiro atoms. The molecule has 10 heteroatoms. The normalized spacial score (nSPS) is 21.2. The monoisotopic (exact) mass is 481 g/mol. The molecule has 0 aromatic heterocycles. The zero-order valence-electron chi connectivity index (χ0n) is 19.3. The highest BCUT2D eigenvalue weighted by Gasteiger charge is 2.48. The molecule has 35 heavy (non-hydrogen) atoms. The van der Waals surface area contributed by atoms with Crippen molar-refractivity contribution in [2.75, 3.05) is 6.61 Å². The summed E-state index contributed by atoms with van der Waals surface area (Å²) in [5.74, 6) is -1.94. The van der Waals surface area contributed by atoms with Crippen molar-refractivity contribution >= 4 is 23.7 Å². The molecule has 1 aliphatic rings. The molecule has 0 radical (unpaired) electrons. The van der Waals surface area contributed by atoms with E-state index in [1.165, 1.54) is 32.9 Å². The van der Waals surface area contributed by atoms with Crippen LogP contribution in [0.3, 0.4) is 0 Å². The van der Waals surface area contributed by atoms with Gasteiger partial charge in [-0.15, -0.1) is 0 Å². The van der Waals surface area contributed by atoms with Gasteiger partial charge in [-0.25, -0.2) is 0 Å². The number of ketones is 1. The van der Waals surface area contributed by atoms with Crippen LogP contribution in [0.1, 0.15) is 42.3 Å². The second-order valence-electron chi connectivity index (χ2n) is 7.66. The smallest absolute Gasteiger partial charge is 0.303 e. The zero-order chi connectivity index (χ0) is 25.5. The first-order valence-corrected chi connectivity index (χ1v) is 10.6. The summed E-state index contributed by atoms with van der Waals surface area (Å²) in [5.41, 5.74) is 1.25. The summed E-state index contributed by atoms with van der Waals surface area (Å²) in [5, 5.41) is 8.90. The van der Waals surface area contributed by atoms with Crippen molar-refractivity contribution in [2.45, 2.75) is 45.4 Å². The Morgan fingerprint density at radius 1 is 0.800 bits per heavy atom. The van der Waals surface area contributed by atoms with Crippen LogP contribution in [0.5, 0.6) is 5.75 Å². The number of rotatable bonds is 7. The van der Waals surface area contributed by atoms with Crippen molar-refractivity contribution in [3.8, 4) is 11.8 Å². The van der Waals surface area contributed by atoms with Crippen LogP contribution >= 0.6 is 0 Å². The predicted molar refractivity (Wildman–Crippen MR) is 118 cm³/mol. The van der Waals surface area contributed by atoms with Crippen LogP contribution in [0.25, 0.3) is 0 Å². The summed E-state index contributed by atoms with van der Waals surface area (Å²) in [4.78, 5) is 47.6. The zero-order valence-corrected chi connectivity index (χ0v) is 19.3. The third-order valence-electron chi connectivity index (χ3n) is 4.95. The van der Waals surface area contributed by atoms with E-state index in [1.807, 2.05) is 6.07 Å². The number of ether oxygens (including phenoxy) is 5. The number of hydrogen-bond acceptors (Lipinski definition) is 10. The highest BCUT2D eigenvalue weighted by atomic mass is 16.7. The van der Waals surface area contributed by atoms with Gasteiger partial charge < -0.3 is 23.7 Å². The Kier molecular flexibility index (Phi) is 8.17. The molecular weight excluding hydrogens is 458 g/mol. The molecule has 182 valence electrons. The Morgan fingerprint density at radius 2 is 1.31 bits per heavy atom. The molecule has 4 atom stereocenters. The van der Waals surface area contributed by atoms with Gasteiger partial charge in [0.1, 0.15) is 5.75 Å². The average molecular weight is 481 g/mol. The van der Waals surface area contributed by atoms with Crippen molar-refractivity contribution < 1.29 is 42.9 Å². The van der Waals surface area contributed by atoms with E-state index in [0.717, 1.165) is 0 Å². The van der Waals surface area contributed by atoms with Gasteiger partial charge in [0, 0.05) is 31.9 Å². The molecule has 3 rings (SSSR count). The minimum absolute atomic E-state index is 0.171. The van der Waals surface area contributed by atoms with Gasteiger partial charge in [0.2, 0.25) is 12.4 Å². The number of benzene rings is 2. The van der Waals surface area contributed by atoms with E-state index in [-0.39, 0.29) is 18.1 Å². The maximum atomic E-state index is 12.7. The molecule has 0 aliphatic carbocycles. The fourth-order valence-corrected chi connectivity index (χ4v) is 3.49. The third-order valence-corrected chi connectivity index (χ3v) is 4.95. The summed E-state index contributed by atoms with van der Waals surface area (Å²) in [6.07, 6.45) is -4.58. The van der Waals surface area contributed by atoms with E-state index in [4.69, 9.17) is 28.9 Å². The maximum absolute atomic E-state index is 12.7. The van der Waals surface area contributed by atoms with Crippen LogP contribution in [0.4, 0.5) is 0 Å². The lowest BCUT2D eigenvalue weighted by atomic mass is 10.0. The first kappa shape index (κ1) is 25.4. The molecule has 0 saturated carbocycles. The lowest BCUT2D eigenvalue weighted by Gasteiger charge is -2.40. The highest BCUT2D eigenvalue weighted by Crippen LogP contribution is 2.27. The Balaban J connectivity index is 1.78. The molecule has 0 N–H and O–H groups in total. The van der Waals surface area contributed by atoms with Crippen molar-refractivity contribution in [3.63, 3.8) is 0 Å². The van der Waals surface area contributed by atoms with Crippen molar-refractivity contribution in [1.29, 1.82) is 5.26 Å². The summed E-state index contributed by atoms with van der Waals surface area (Å²) in [6.45, 7) is 3.36. The number of esters is 3.